The number of aryl methyl sites for hydroxylation is 2. The highest BCUT2D eigenvalue weighted by molar-refractivity contribution is 6.12. The summed E-state index contributed by atoms with van der Waals surface area (Å²) in [6.07, 6.45) is 0. The minimum atomic E-state index is -0.541. The Morgan fingerprint density at radius 2 is 1.48 bits per heavy atom. The molecular formula is C24H25N3O4. The van der Waals surface area contributed by atoms with Crippen molar-refractivity contribution >= 4 is 40.4 Å². The predicted octanol–water partition coefficient (Wildman–Crippen LogP) is 5.51. The van der Waals surface area contributed by atoms with Gasteiger partial charge in [0.25, 0.3) is 0 Å². The minimum Gasteiger partial charge on any atom is -0.461 e. The van der Waals surface area contributed by atoms with Gasteiger partial charge >= 0.3 is 11.9 Å². The molecule has 1 aromatic heterocycles. The molecule has 7 heteroatoms. The topological polar surface area (TPSA) is 83.7 Å². The number of hydrogen-bond acceptors (Lipinski definition) is 6. The molecular weight excluding hydrogens is 394 g/mol. The van der Waals surface area contributed by atoms with Crippen molar-refractivity contribution in [3.05, 3.63) is 65.0 Å². The summed E-state index contributed by atoms with van der Waals surface area (Å²) in [4.78, 5) is 30.5. The van der Waals surface area contributed by atoms with Gasteiger partial charge in [-0.25, -0.2) is 9.59 Å². The second-order valence-corrected chi connectivity index (χ2v) is 7.36. The number of nitrogens with one attached hydrogen (secondary N) is 2. The molecule has 31 heavy (non-hydrogen) atoms. The highest BCUT2D eigenvalue weighted by Gasteiger charge is 2.36. The Morgan fingerprint density at radius 1 is 0.871 bits per heavy atom. The Labute approximate surface area is 181 Å². The summed E-state index contributed by atoms with van der Waals surface area (Å²) in [5.41, 5.74) is 6.13. The van der Waals surface area contributed by atoms with Gasteiger partial charge in [-0.05, 0) is 57.5 Å². The van der Waals surface area contributed by atoms with Crippen LogP contribution in [0.4, 0.5) is 28.4 Å². The average Bonchev–Trinajstić information content (AvgIpc) is 3.13. The zero-order valence-electron chi connectivity index (χ0n) is 18.0. The molecule has 160 valence electrons. The quantitative estimate of drug-likeness (QED) is 0.415. The summed E-state index contributed by atoms with van der Waals surface area (Å²) in [5, 5.41) is 3.32. The van der Waals surface area contributed by atoms with Crippen LogP contribution in [-0.4, -0.2) is 30.1 Å². The molecule has 2 aromatic carbocycles. The number of ether oxygens (including phenoxy) is 2. The molecule has 1 aliphatic rings. The van der Waals surface area contributed by atoms with Gasteiger partial charge in [0.15, 0.2) is 11.4 Å². The SMILES string of the molecule is CCOC(=O)c1[nH]c(C(=O)OCC)c2c1Nc1ccc(C)cc1N2c1ccc(C)cc1. The van der Waals surface area contributed by atoms with Crippen LogP contribution in [0.5, 0.6) is 0 Å². The van der Waals surface area contributed by atoms with Gasteiger partial charge < -0.3 is 24.7 Å². The zero-order valence-corrected chi connectivity index (χ0v) is 18.0. The molecule has 2 heterocycles. The summed E-state index contributed by atoms with van der Waals surface area (Å²) >= 11 is 0. The Kier molecular flexibility index (Phi) is 5.42. The molecule has 7 nitrogen and oxygen atoms in total. The van der Waals surface area contributed by atoms with E-state index in [0.717, 1.165) is 28.2 Å². The summed E-state index contributed by atoms with van der Waals surface area (Å²) in [7, 11) is 0. The van der Waals surface area contributed by atoms with Crippen molar-refractivity contribution in [1.82, 2.24) is 4.98 Å². The number of rotatable bonds is 5. The number of esters is 2. The lowest BCUT2D eigenvalue weighted by Crippen LogP contribution is -2.20. The van der Waals surface area contributed by atoms with Crippen molar-refractivity contribution in [3.8, 4) is 0 Å². The van der Waals surface area contributed by atoms with Crippen molar-refractivity contribution in [2.75, 3.05) is 23.4 Å². The lowest BCUT2D eigenvalue weighted by molar-refractivity contribution is 0.0517. The number of fused-ring (bicyclic) bond motifs is 2. The van der Waals surface area contributed by atoms with Gasteiger partial charge in [0, 0.05) is 5.69 Å². The van der Waals surface area contributed by atoms with E-state index < -0.39 is 11.9 Å². The van der Waals surface area contributed by atoms with Crippen LogP contribution in [0.1, 0.15) is 46.0 Å². The molecule has 0 saturated carbocycles. The summed E-state index contributed by atoms with van der Waals surface area (Å²) in [6, 6.07) is 14.0. The van der Waals surface area contributed by atoms with E-state index in [2.05, 4.69) is 10.3 Å². The van der Waals surface area contributed by atoms with Crippen LogP contribution in [0.3, 0.4) is 0 Å². The molecule has 0 atom stereocenters. The maximum Gasteiger partial charge on any atom is 0.357 e. The fourth-order valence-corrected chi connectivity index (χ4v) is 3.69. The van der Waals surface area contributed by atoms with Crippen LogP contribution in [0.25, 0.3) is 0 Å². The summed E-state index contributed by atoms with van der Waals surface area (Å²) in [5.74, 6) is -1.08. The van der Waals surface area contributed by atoms with Gasteiger partial charge in [-0.1, -0.05) is 23.8 Å². The molecule has 2 N–H and O–H groups in total. The first kappa shape index (κ1) is 20.5. The van der Waals surface area contributed by atoms with E-state index in [9.17, 15) is 9.59 Å². The maximum absolute atomic E-state index is 12.9. The average molecular weight is 419 g/mol. The van der Waals surface area contributed by atoms with Gasteiger partial charge in [-0.2, -0.15) is 0 Å². The van der Waals surface area contributed by atoms with Crippen molar-refractivity contribution in [2.24, 2.45) is 0 Å². The lowest BCUT2D eigenvalue weighted by Gasteiger charge is -2.33. The van der Waals surface area contributed by atoms with Crippen LogP contribution in [-0.2, 0) is 9.47 Å². The standard InChI is InChI=1S/C24H25N3O4/c1-5-30-23(28)20-19-22(21(26-20)24(29)31-6-2)27(16-10-7-14(3)8-11-16)18-13-15(4)9-12-17(18)25-19/h7-13,25-26H,5-6H2,1-4H3. The number of hydrogen-bond donors (Lipinski definition) is 2. The van der Waals surface area contributed by atoms with Crippen molar-refractivity contribution < 1.29 is 19.1 Å². The lowest BCUT2D eigenvalue weighted by atomic mass is 10.1. The first-order chi connectivity index (χ1) is 14.9. The first-order valence-corrected chi connectivity index (χ1v) is 10.3. The third kappa shape index (κ3) is 3.63. The molecule has 0 saturated heterocycles. The van der Waals surface area contributed by atoms with Gasteiger partial charge in [0.2, 0.25) is 0 Å². The van der Waals surface area contributed by atoms with Crippen molar-refractivity contribution in [2.45, 2.75) is 27.7 Å². The van der Waals surface area contributed by atoms with Gasteiger partial charge in [-0.15, -0.1) is 0 Å². The highest BCUT2D eigenvalue weighted by Crippen LogP contribution is 2.51. The van der Waals surface area contributed by atoms with Crippen LogP contribution in [0.2, 0.25) is 0 Å². The normalized spacial score (nSPS) is 11.9. The molecule has 0 fully saturated rings. The molecule has 0 spiro atoms. The number of aromatic nitrogens is 1. The van der Waals surface area contributed by atoms with Crippen molar-refractivity contribution in [1.29, 1.82) is 0 Å². The largest absolute Gasteiger partial charge is 0.461 e. The molecule has 0 aliphatic carbocycles. The van der Waals surface area contributed by atoms with Gasteiger partial charge in [0.05, 0.1) is 30.3 Å². The molecule has 0 bridgehead atoms. The third-order valence-corrected chi connectivity index (χ3v) is 5.10. The van der Waals surface area contributed by atoms with Crippen molar-refractivity contribution in [3.63, 3.8) is 0 Å². The molecule has 0 unspecified atom stereocenters. The highest BCUT2D eigenvalue weighted by atomic mass is 16.5. The van der Waals surface area contributed by atoms with Crippen LogP contribution >= 0.6 is 0 Å². The predicted molar refractivity (Wildman–Crippen MR) is 120 cm³/mol. The molecule has 4 rings (SSSR count). The van der Waals surface area contributed by atoms with Gasteiger partial charge in [0.1, 0.15) is 5.69 Å². The second kappa shape index (κ2) is 8.18. The minimum absolute atomic E-state index is 0.184. The van der Waals surface area contributed by atoms with Gasteiger partial charge in [-0.3, -0.25) is 0 Å². The second-order valence-electron chi connectivity index (χ2n) is 7.36. The number of carbonyl (C=O) groups excluding carboxylic acids is 2. The Bertz CT molecular complexity index is 1150. The maximum atomic E-state index is 12.9. The molecule has 3 aromatic rings. The zero-order chi connectivity index (χ0) is 22.1. The fourth-order valence-electron chi connectivity index (χ4n) is 3.69. The number of anilines is 5. The fraction of sp³-hybridized carbons (Fsp3) is 0.250. The van der Waals surface area contributed by atoms with E-state index in [1.807, 2.05) is 61.2 Å². The number of H-pyrrole nitrogens is 1. The Hall–Kier alpha value is -3.74. The smallest absolute Gasteiger partial charge is 0.357 e. The summed E-state index contributed by atoms with van der Waals surface area (Å²) < 4.78 is 10.5. The number of aromatic amines is 1. The van der Waals surface area contributed by atoms with E-state index in [1.165, 1.54) is 0 Å². The first-order valence-electron chi connectivity index (χ1n) is 10.3. The monoisotopic (exact) mass is 419 g/mol. The van der Waals surface area contributed by atoms with Crippen LogP contribution < -0.4 is 10.2 Å². The van der Waals surface area contributed by atoms with E-state index in [1.54, 1.807) is 13.8 Å². The van der Waals surface area contributed by atoms with E-state index in [-0.39, 0.29) is 24.6 Å². The van der Waals surface area contributed by atoms with E-state index >= 15 is 0 Å². The summed E-state index contributed by atoms with van der Waals surface area (Å²) in [6.45, 7) is 7.95. The number of carbonyl (C=O) groups is 2. The molecule has 1 aliphatic heterocycles. The molecule has 0 radical (unpaired) electrons. The van der Waals surface area contributed by atoms with Crippen LogP contribution in [0, 0.1) is 13.8 Å². The van der Waals surface area contributed by atoms with Crippen LogP contribution in [0.15, 0.2) is 42.5 Å². The Morgan fingerprint density at radius 3 is 2.13 bits per heavy atom. The Balaban J connectivity index is 2.00. The van der Waals surface area contributed by atoms with E-state index in [4.69, 9.17) is 9.47 Å². The number of nitrogens with zero attached hydrogens (tertiary/aromatic N) is 1. The third-order valence-electron chi connectivity index (χ3n) is 5.10. The number of benzene rings is 2. The van der Waals surface area contributed by atoms with E-state index in [0.29, 0.717) is 11.4 Å². The molecule has 0 amide bonds.